The summed E-state index contributed by atoms with van der Waals surface area (Å²) in [5.74, 6) is -1.20. The van der Waals surface area contributed by atoms with Crippen molar-refractivity contribution in [3.05, 3.63) is 35.9 Å². The number of piperidine rings is 1. The molecule has 0 aromatic heterocycles. The Morgan fingerprint density at radius 1 is 1.29 bits per heavy atom. The van der Waals surface area contributed by atoms with Gasteiger partial charge in [0, 0.05) is 24.7 Å². The predicted octanol–water partition coefficient (Wildman–Crippen LogP) is 2.07. The summed E-state index contributed by atoms with van der Waals surface area (Å²) < 4.78 is 0. The molecule has 21 heavy (non-hydrogen) atoms. The molecule has 2 aliphatic rings. The Hall–Kier alpha value is -1.39. The van der Waals surface area contributed by atoms with Crippen molar-refractivity contribution in [2.24, 2.45) is 0 Å². The molecule has 114 valence electrons. The fraction of sp³-hybridized carbons (Fsp3) is 0.588. The lowest BCUT2D eigenvalue weighted by Crippen LogP contribution is -2.48. The van der Waals surface area contributed by atoms with E-state index in [9.17, 15) is 9.90 Å². The van der Waals surface area contributed by atoms with Crippen LogP contribution < -0.4 is 5.32 Å². The highest BCUT2D eigenvalue weighted by atomic mass is 16.4. The van der Waals surface area contributed by atoms with Crippen molar-refractivity contribution in [2.45, 2.75) is 49.7 Å². The minimum absolute atomic E-state index is 0.455. The van der Waals surface area contributed by atoms with Gasteiger partial charge < -0.3 is 15.3 Å². The lowest BCUT2D eigenvalue weighted by molar-refractivity contribution is -0.138. The van der Waals surface area contributed by atoms with Crippen molar-refractivity contribution in [1.82, 2.24) is 10.2 Å². The molecule has 0 aliphatic carbocycles. The van der Waals surface area contributed by atoms with Crippen LogP contribution in [0.3, 0.4) is 0 Å². The fourth-order valence-corrected chi connectivity index (χ4v) is 3.90. The first-order valence-electron chi connectivity index (χ1n) is 7.88. The molecule has 4 heteroatoms. The number of aliphatic carboxylic acids is 1. The largest absolute Gasteiger partial charge is 0.481 e. The van der Waals surface area contributed by atoms with Gasteiger partial charge in [-0.3, -0.25) is 4.79 Å². The van der Waals surface area contributed by atoms with Gasteiger partial charge in [-0.15, -0.1) is 0 Å². The number of carbonyl (C=O) groups is 1. The van der Waals surface area contributed by atoms with Crippen molar-refractivity contribution in [3.8, 4) is 0 Å². The van der Waals surface area contributed by atoms with Gasteiger partial charge in [0.25, 0.3) is 0 Å². The molecule has 0 spiro atoms. The highest BCUT2D eigenvalue weighted by molar-refractivity contribution is 5.76. The maximum Gasteiger partial charge on any atom is 0.312 e. The average Bonchev–Trinajstić information content (AvgIpc) is 2.71. The summed E-state index contributed by atoms with van der Waals surface area (Å²) in [6, 6.07) is 11.4. The molecule has 3 atom stereocenters. The third-order valence-corrected chi connectivity index (χ3v) is 5.21. The van der Waals surface area contributed by atoms with Crippen LogP contribution in [0.25, 0.3) is 0 Å². The minimum atomic E-state index is -0.746. The van der Waals surface area contributed by atoms with Gasteiger partial charge in [0.1, 0.15) is 0 Å². The Bertz CT molecular complexity index is 477. The molecule has 3 unspecified atom stereocenters. The quantitative estimate of drug-likeness (QED) is 0.871. The molecule has 2 aliphatic heterocycles. The van der Waals surface area contributed by atoms with Crippen LogP contribution in [0.2, 0.25) is 0 Å². The van der Waals surface area contributed by atoms with Gasteiger partial charge in [-0.25, -0.2) is 0 Å². The minimum Gasteiger partial charge on any atom is -0.481 e. The number of hydrogen-bond donors (Lipinski definition) is 2. The van der Waals surface area contributed by atoms with E-state index < -0.39 is 11.9 Å². The van der Waals surface area contributed by atoms with Crippen LogP contribution in [0.1, 0.15) is 37.2 Å². The van der Waals surface area contributed by atoms with E-state index in [0.717, 1.165) is 18.4 Å². The normalized spacial score (nSPS) is 30.2. The lowest BCUT2D eigenvalue weighted by atomic mass is 9.95. The number of hydrogen-bond acceptors (Lipinski definition) is 3. The molecule has 2 fully saturated rings. The summed E-state index contributed by atoms with van der Waals surface area (Å²) in [7, 11) is 2.22. The molecule has 1 aromatic rings. The summed E-state index contributed by atoms with van der Waals surface area (Å²) in [4.78, 5) is 14.0. The van der Waals surface area contributed by atoms with E-state index in [1.165, 1.54) is 12.8 Å². The molecular formula is C17H24N2O2. The number of nitrogens with one attached hydrogen (secondary N) is 1. The van der Waals surface area contributed by atoms with E-state index in [0.29, 0.717) is 24.7 Å². The third kappa shape index (κ3) is 3.11. The molecule has 1 aromatic carbocycles. The standard InChI is InChI=1S/C17H24N2O2/c1-19-14-7-8-15(19)10-13(9-14)18-11-16(17(20)21)12-5-3-2-4-6-12/h2-6,13-16,18H,7-11H2,1H3,(H,20,21). The Kier molecular flexibility index (Phi) is 4.27. The monoisotopic (exact) mass is 288 g/mol. The van der Waals surface area contributed by atoms with Crippen molar-refractivity contribution >= 4 is 5.97 Å². The molecule has 2 bridgehead atoms. The molecule has 3 rings (SSSR count). The van der Waals surface area contributed by atoms with E-state index in [1.54, 1.807) is 0 Å². The predicted molar refractivity (Wildman–Crippen MR) is 82.4 cm³/mol. The van der Waals surface area contributed by atoms with Crippen LogP contribution in [0, 0.1) is 0 Å². The van der Waals surface area contributed by atoms with E-state index in [-0.39, 0.29) is 0 Å². The van der Waals surface area contributed by atoms with Gasteiger partial charge in [-0.2, -0.15) is 0 Å². The third-order valence-electron chi connectivity index (χ3n) is 5.21. The molecule has 0 radical (unpaired) electrons. The first kappa shape index (κ1) is 14.5. The Morgan fingerprint density at radius 3 is 2.48 bits per heavy atom. The second-order valence-electron chi connectivity index (χ2n) is 6.43. The summed E-state index contributed by atoms with van der Waals surface area (Å²) in [6.45, 7) is 0.521. The van der Waals surface area contributed by atoms with Crippen LogP contribution >= 0.6 is 0 Å². The lowest BCUT2D eigenvalue weighted by Gasteiger charge is -2.37. The van der Waals surface area contributed by atoms with E-state index in [1.807, 2.05) is 30.3 Å². The van der Waals surface area contributed by atoms with E-state index >= 15 is 0 Å². The Labute approximate surface area is 126 Å². The van der Waals surface area contributed by atoms with Crippen LogP contribution in [0.15, 0.2) is 30.3 Å². The second kappa shape index (κ2) is 6.16. The summed E-state index contributed by atoms with van der Waals surface area (Å²) in [5.41, 5.74) is 0.883. The maximum atomic E-state index is 11.5. The highest BCUT2D eigenvalue weighted by Gasteiger charge is 2.38. The first-order chi connectivity index (χ1) is 10.1. The number of carboxylic acid groups (broad SMARTS) is 1. The molecule has 0 amide bonds. The van der Waals surface area contributed by atoms with Gasteiger partial charge in [0.05, 0.1) is 5.92 Å². The van der Waals surface area contributed by atoms with Crippen molar-refractivity contribution in [1.29, 1.82) is 0 Å². The number of nitrogens with zero attached hydrogens (tertiary/aromatic N) is 1. The SMILES string of the molecule is CN1C2CCC1CC(NCC(C(=O)O)c1ccccc1)C2. The van der Waals surface area contributed by atoms with Crippen LogP contribution in [-0.4, -0.2) is 47.7 Å². The van der Waals surface area contributed by atoms with Gasteiger partial charge in [-0.1, -0.05) is 30.3 Å². The van der Waals surface area contributed by atoms with Crippen molar-refractivity contribution < 1.29 is 9.90 Å². The van der Waals surface area contributed by atoms with Crippen LogP contribution in [0.5, 0.6) is 0 Å². The zero-order valence-electron chi connectivity index (χ0n) is 12.5. The first-order valence-corrected chi connectivity index (χ1v) is 7.88. The highest BCUT2D eigenvalue weighted by Crippen LogP contribution is 2.34. The zero-order chi connectivity index (χ0) is 14.8. The number of carboxylic acids is 1. The van der Waals surface area contributed by atoms with E-state index in [4.69, 9.17) is 0 Å². The summed E-state index contributed by atoms with van der Waals surface area (Å²) in [5, 5.41) is 13.0. The van der Waals surface area contributed by atoms with Crippen molar-refractivity contribution in [3.63, 3.8) is 0 Å². The Balaban J connectivity index is 1.59. The van der Waals surface area contributed by atoms with Crippen LogP contribution in [-0.2, 0) is 4.79 Å². The number of fused-ring (bicyclic) bond motifs is 2. The average molecular weight is 288 g/mol. The second-order valence-corrected chi connectivity index (χ2v) is 6.43. The fourth-order valence-electron chi connectivity index (χ4n) is 3.90. The molecular weight excluding hydrogens is 264 g/mol. The Morgan fingerprint density at radius 2 is 1.90 bits per heavy atom. The molecule has 0 saturated carbocycles. The maximum absolute atomic E-state index is 11.5. The molecule has 2 N–H and O–H groups in total. The van der Waals surface area contributed by atoms with Gasteiger partial charge in [0.15, 0.2) is 0 Å². The van der Waals surface area contributed by atoms with Crippen molar-refractivity contribution in [2.75, 3.05) is 13.6 Å². The molecule has 2 saturated heterocycles. The van der Waals surface area contributed by atoms with Gasteiger partial charge >= 0.3 is 5.97 Å². The smallest absolute Gasteiger partial charge is 0.312 e. The number of benzene rings is 1. The zero-order valence-corrected chi connectivity index (χ0v) is 12.5. The summed E-state index contributed by atoms with van der Waals surface area (Å²) >= 11 is 0. The number of rotatable bonds is 5. The summed E-state index contributed by atoms with van der Waals surface area (Å²) in [6.07, 6.45) is 4.88. The topological polar surface area (TPSA) is 52.6 Å². The van der Waals surface area contributed by atoms with E-state index in [2.05, 4.69) is 17.3 Å². The van der Waals surface area contributed by atoms with Gasteiger partial charge in [0.2, 0.25) is 0 Å². The molecule has 2 heterocycles. The molecule has 4 nitrogen and oxygen atoms in total. The van der Waals surface area contributed by atoms with Gasteiger partial charge in [-0.05, 0) is 38.3 Å². The van der Waals surface area contributed by atoms with Crippen LogP contribution in [0.4, 0.5) is 0 Å².